The van der Waals surface area contributed by atoms with Crippen molar-refractivity contribution in [1.29, 1.82) is 0 Å². The lowest BCUT2D eigenvalue weighted by Crippen LogP contribution is -2.16. The molecular weight excluding hydrogens is 314 g/mol. The van der Waals surface area contributed by atoms with E-state index in [9.17, 15) is 13.2 Å². The number of carbonyl (C=O) groups is 1. The molecule has 0 aliphatic heterocycles. The molecule has 2 aromatic heterocycles. The van der Waals surface area contributed by atoms with Gasteiger partial charge in [-0.15, -0.1) is 11.3 Å². The third-order valence-electron chi connectivity index (χ3n) is 2.68. The molecule has 0 radical (unpaired) electrons. The van der Waals surface area contributed by atoms with E-state index < -0.39 is 16.0 Å². The quantitative estimate of drug-likeness (QED) is 0.790. The van der Waals surface area contributed by atoms with Crippen molar-refractivity contribution in [3.05, 3.63) is 28.1 Å². The Morgan fingerprint density at radius 1 is 1.52 bits per heavy atom. The van der Waals surface area contributed by atoms with Gasteiger partial charge in [0.15, 0.2) is 5.82 Å². The van der Waals surface area contributed by atoms with Crippen LogP contribution in [0.25, 0.3) is 0 Å². The third-order valence-corrected chi connectivity index (χ3v) is 5.10. The second kappa shape index (κ2) is 6.27. The van der Waals surface area contributed by atoms with E-state index in [1.165, 1.54) is 18.6 Å². The molecule has 2 aromatic rings. The molecule has 0 spiro atoms. The standard InChI is InChI=1S/C12H15N3O4S2/c1-3-4-8-7-10(14-13-8)15-21(17,18)9-5-6-20-11(9)12(16)19-2/h5-7H,3-4H2,1-2H3,(H2,13,14,15). The molecule has 0 atom stereocenters. The number of hydrogen-bond acceptors (Lipinski definition) is 6. The molecule has 2 rings (SSSR count). The van der Waals surface area contributed by atoms with E-state index >= 15 is 0 Å². The average molecular weight is 329 g/mol. The first-order valence-corrected chi connectivity index (χ1v) is 8.57. The second-order valence-electron chi connectivity index (χ2n) is 4.24. The van der Waals surface area contributed by atoms with Crippen LogP contribution in [0.5, 0.6) is 0 Å². The number of anilines is 1. The van der Waals surface area contributed by atoms with Gasteiger partial charge in [-0.2, -0.15) is 5.10 Å². The Hall–Kier alpha value is -1.87. The van der Waals surface area contributed by atoms with Gasteiger partial charge in [-0.1, -0.05) is 13.3 Å². The number of sulfonamides is 1. The Bertz CT molecular complexity index is 733. The van der Waals surface area contributed by atoms with Crippen LogP contribution in [0.4, 0.5) is 5.82 Å². The maximum atomic E-state index is 12.3. The smallest absolute Gasteiger partial charge is 0.349 e. The van der Waals surface area contributed by atoms with E-state index in [1.54, 1.807) is 6.07 Å². The van der Waals surface area contributed by atoms with Crippen LogP contribution in [0.1, 0.15) is 28.7 Å². The highest BCUT2D eigenvalue weighted by atomic mass is 32.2. The predicted octanol–water partition coefficient (Wildman–Crippen LogP) is 2.01. The van der Waals surface area contributed by atoms with Crippen molar-refractivity contribution < 1.29 is 17.9 Å². The van der Waals surface area contributed by atoms with Crippen LogP contribution in [0.15, 0.2) is 22.4 Å². The summed E-state index contributed by atoms with van der Waals surface area (Å²) >= 11 is 1.01. The van der Waals surface area contributed by atoms with Gasteiger partial charge in [-0.05, 0) is 17.9 Å². The summed E-state index contributed by atoms with van der Waals surface area (Å²) in [6.45, 7) is 2.01. The second-order valence-corrected chi connectivity index (χ2v) is 6.81. The molecule has 7 nitrogen and oxygen atoms in total. The zero-order valence-corrected chi connectivity index (χ0v) is 13.2. The number of H-pyrrole nitrogens is 1. The summed E-state index contributed by atoms with van der Waals surface area (Å²) in [4.78, 5) is 11.5. The van der Waals surface area contributed by atoms with E-state index in [0.29, 0.717) is 0 Å². The van der Waals surface area contributed by atoms with Gasteiger partial charge >= 0.3 is 5.97 Å². The summed E-state index contributed by atoms with van der Waals surface area (Å²) in [6, 6.07) is 2.99. The molecule has 0 aliphatic rings. The first-order chi connectivity index (χ1) is 9.97. The lowest BCUT2D eigenvalue weighted by atomic mass is 10.2. The molecule has 0 unspecified atom stereocenters. The molecule has 9 heteroatoms. The van der Waals surface area contributed by atoms with Crippen LogP contribution in [0, 0.1) is 0 Å². The molecule has 0 amide bonds. The highest BCUT2D eigenvalue weighted by Gasteiger charge is 2.25. The van der Waals surface area contributed by atoms with E-state index in [2.05, 4.69) is 19.7 Å². The Morgan fingerprint density at radius 3 is 2.95 bits per heavy atom. The first-order valence-electron chi connectivity index (χ1n) is 6.21. The summed E-state index contributed by atoms with van der Waals surface area (Å²) in [5, 5.41) is 8.18. The Kier molecular flexibility index (Phi) is 4.63. The Labute approximate surface area is 126 Å². The minimum absolute atomic E-state index is 0.0364. The molecule has 0 fully saturated rings. The fourth-order valence-electron chi connectivity index (χ4n) is 1.75. The van der Waals surface area contributed by atoms with Crippen molar-refractivity contribution in [3.63, 3.8) is 0 Å². The molecule has 21 heavy (non-hydrogen) atoms. The molecule has 0 saturated carbocycles. The van der Waals surface area contributed by atoms with Gasteiger partial charge in [0, 0.05) is 11.8 Å². The normalized spacial score (nSPS) is 11.3. The largest absolute Gasteiger partial charge is 0.465 e. The average Bonchev–Trinajstić information content (AvgIpc) is 3.07. The maximum absolute atomic E-state index is 12.3. The zero-order chi connectivity index (χ0) is 15.5. The van der Waals surface area contributed by atoms with Crippen molar-refractivity contribution >= 4 is 33.1 Å². The number of aromatic amines is 1. The minimum atomic E-state index is -3.88. The van der Waals surface area contributed by atoms with Crippen molar-refractivity contribution in [1.82, 2.24) is 10.2 Å². The number of methoxy groups -OCH3 is 1. The molecule has 2 N–H and O–H groups in total. The fourth-order valence-corrected chi connectivity index (χ4v) is 4.08. The summed E-state index contributed by atoms with van der Waals surface area (Å²) < 4.78 is 31.5. The molecule has 114 valence electrons. The number of hydrogen-bond donors (Lipinski definition) is 2. The van der Waals surface area contributed by atoms with Gasteiger partial charge in [0.2, 0.25) is 0 Å². The Balaban J connectivity index is 2.26. The summed E-state index contributed by atoms with van der Waals surface area (Å²) in [7, 11) is -2.68. The number of aromatic nitrogens is 2. The van der Waals surface area contributed by atoms with Gasteiger partial charge in [-0.3, -0.25) is 9.82 Å². The van der Waals surface area contributed by atoms with E-state index in [-0.39, 0.29) is 15.6 Å². The lowest BCUT2D eigenvalue weighted by molar-refractivity contribution is 0.0602. The Morgan fingerprint density at radius 2 is 2.29 bits per heavy atom. The van der Waals surface area contributed by atoms with Crippen LogP contribution in [0.3, 0.4) is 0 Å². The van der Waals surface area contributed by atoms with E-state index in [0.717, 1.165) is 29.9 Å². The number of aryl methyl sites for hydroxylation is 1. The van der Waals surface area contributed by atoms with Crippen molar-refractivity contribution in [3.8, 4) is 0 Å². The van der Waals surface area contributed by atoms with E-state index in [1.807, 2.05) is 6.92 Å². The molecule has 0 saturated heterocycles. The number of rotatable bonds is 6. The van der Waals surface area contributed by atoms with Crippen LogP contribution in [0.2, 0.25) is 0 Å². The number of carbonyl (C=O) groups excluding carboxylic acids is 1. The van der Waals surface area contributed by atoms with E-state index in [4.69, 9.17) is 0 Å². The first kappa shape index (κ1) is 15.5. The van der Waals surface area contributed by atoms with Gasteiger partial charge in [-0.25, -0.2) is 13.2 Å². The third kappa shape index (κ3) is 3.42. The SMILES string of the molecule is CCCc1cc(NS(=O)(=O)c2ccsc2C(=O)OC)n[nH]1. The van der Waals surface area contributed by atoms with Gasteiger partial charge in [0.1, 0.15) is 9.77 Å². The molecule has 0 aliphatic carbocycles. The zero-order valence-electron chi connectivity index (χ0n) is 11.5. The summed E-state index contributed by atoms with van der Waals surface area (Å²) in [6.07, 6.45) is 1.70. The van der Waals surface area contributed by atoms with Crippen molar-refractivity contribution in [2.75, 3.05) is 11.8 Å². The number of nitrogens with zero attached hydrogens (tertiary/aromatic N) is 1. The minimum Gasteiger partial charge on any atom is -0.465 e. The maximum Gasteiger partial charge on any atom is 0.349 e. The van der Waals surface area contributed by atoms with Crippen molar-refractivity contribution in [2.45, 2.75) is 24.7 Å². The van der Waals surface area contributed by atoms with Gasteiger partial charge in [0.25, 0.3) is 10.0 Å². The summed E-state index contributed by atoms with van der Waals surface area (Å²) in [5.41, 5.74) is 0.841. The van der Waals surface area contributed by atoms with Gasteiger partial charge in [0.05, 0.1) is 7.11 Å². The highest BCUT2D eigenvalue weighted by molar-refractivity contribution is 7.93. The molecule has 2 heterocycles. The number of thiophene rings is 1. The van der Waals surface area contributed by atoms with Crippen molar-refractivity contribution in [2.24, 2.45) is 0 Å². The summed E-state index contributed by atoms with van der Waals surface area (Å²) in [5.74, 6) is -0.487. The number of ether oxygens (including phenoxy) is 1. The van der Waals surface area contributed by atoms with Crippen LogP contribution < -0.4 is 4.72 Å². The van der Waals surface area contributed by atoms with Crippen LogP contribution in [-0.2, 0) is 21.2 Å². The number of esters is 1. The predicted molar refractivity (Wildman–Crippen MR) is 79.0 cm³/mol. The molecular formula is C12H15N3O4S2. The van der Waals surface area contributed by atoms with Crippen LogP contribution >= 0.6 is 11.3 Å². The molecule has 0 bridgehead atoms. The van der Waals surface area contributed by atoms with Crippen LogP contribution in [-0.4, -0.2) is 31.7 Å². The topological polar surface area (TPSA) is 101 Å². The monoisotopic (exact) mass is 329 g/mol. The highest BCUT2D eigenvalue weighted by Crippen LogP contribution is 2.24. The number of nitrogens with one attached hydrogen (secondary N) is 2. The van der Waals surface area contributed by atoms with Gasteiger partial charge < -0.3 is 4.74 Å². The molecule has 0 aromatic carbocycles. The lowest BCUT2D eigenvalue weighted by Gasteiger charge is -2.05. The fraction of sp³-hybridized carbons (Fsp3) is 0.333.